The van der Waals surface area contributed by atoms with Crippen molar-refractivity contribution in [2.45, 2.75) is 6.42 Å². The standard InChI is InChI=1S/C19H22NO4.ClH/c1-21-16-6-5-15(11-19(16)24-4)20-8-7-13-9-17(22-2)18(23-3)10-14(13)12-20;/h5-6,9-12H,7-8H2,1-4H3;1H/q+1;/p-1. The molecular formula is C19H22ClNO4. The van der Waals surface area contributed by atoms with Crippen LogP contribution in [0.15, 0.2) is 30.3 Å². The molecule has 0 N–H and O–H groups in total. The van der Waals surface area contributed by atoms with E-state index in [0.29, 0.717) is 0 Å². The van der Waals surface area contributed by atoms with Gasteiger partial charge in [0, 0.05) is 18.1 Å². The predicted octanol–water partition coefficient (Wildman–Crippen LogP) is 0.0442. The molecule has 0 bridgehead atoms. The van der Waals surface area contributed by atoms with Gasteiger partial charge in [-0.25, -0.2) is 0 Å². The zero-order valence-corrected chi connectivity index (χ0v) is 15.6. The molecular weight excluding hydrogens is 342 g/mol. The second kappa shape index (κ2) is 8.12. The molecule has 2 aromatic rings. The lowest BCUT2D eigenvalue weighted by molar-refractivity contribution is -0.436. The first kappa shape index (κ1) is 18.9. The van der Waals surface area contributed by atoms with Gasteiger partial charge in [0.2, 0.25) is 5.69 Å². The predicted molar refractivity (Wildman–Crippen MR) is 92.7 cm³/mol. The second-order valence-corrected chi connectivity index (χ2v) is 5.52. The van der Waals surface area contributed by atoms with Crippen molar-refractivity contribution >= 4 is 11.9 Å². The highest BCUT2D eigenvalue weighted by Gasteiger charge is 2.22. The van der Waals surface area contributed by atoms with E-state index in [1.165, 1.54) is 5.56 Å². The summed E-state index contributed by atoms with van der Waals surface area (Å²) in [6.07, 6.45) is 3.06. The fourth-order valence-electron chi connectivity index (χ4n) is 2.95. The molecule has 2 aromatic carbocycles. The number of nitrogens with zero attached hydrogens (tertiary/aromatic N) is 1. The summed E-state index contributed by atoms with van der Waals surface area (Å²) < 4.78 is 23.7. The highest BCUT2D eigenvalue weighted by atomic mass is 35.5. The fraction of sp³-hybridized carbons (Fsp3) is 0.316. The molecule has 0 atom stereocenters. The van der Waals surface area contributed by atoms with Crippen molar-refractivity contribution in [3.05, 3.63) is 41.5 Å². The first-order chi connectivity index (χ1) is 11.7. The number of rotatable bonds is 5. The Morgan fingerprint density at radius 3 is 2.00 bits per heavy atom. The Labute approximate surface area is 154 Å². The molecule has 25 heavy (non-hydrogen) atoms. The van der Waals surface area contributed by atoms with E-state index >= 15 is 0 Å². The SMILES string of the molecule is COc1ccc([N+]2=Cc3cc(OC)c(OC)cc3CC2)cc1OC.[Cl-]. The summed E-state index contributed by atoms with van der Waals surface area (Å²) in [6, 6.07) is 10.0. The van der Waals surface area contributed by atoms with Gasteiger partial charge in [0.05, 0.1) is 34.5 Å². The van der Waals surface area contributed by atoms with E-state index in [9.17, 15) is 0 Å². The van der Waals surface area contributed by atoms with Crippen molar-refractivity contribution in [1.82, 2.24) is 0 Å². The number of methoxy groups -OCH3 is 4. The lowest BCUT2D eigenvalue weighted by Crippen LogP contribution is -3.00. The van der Waals surface area contributed by atoms with E-state index in [0.717, 1.165) is 47.2 Å². The van der Waals surface area contributed by atoms with Crippen LogP contribution in [-0.4, -0.2) is 45.8 Å². The van der Waals surface area contributed by atoms with E-state index in [4.69, 9.17) is 18.9 Å². The number of ether oxygens (including phenoxy) is 4. The Bertz CT molecular complexity index is 789. The van der Waals surface area contributed by atoms with Crippen molar-refractivity contribution in [2.75, 3.05) is 35.0 Å². The molecule has 3 rings (SSSR count). The third-order valence-electron chi connectivity index (χ3n) is 4.26. The van der Waals surface area contributed by atoms with Gasteiger partial charge in [0.1, 0.15) is 0 Å². The molecule has 6 heteroatoms. The van der Waals surface area contributed by atoms with E-state index in [-0.39, 0.29) is 12.4 Å². The molecule has 1 aliphatic heterocycles. The largest absolute Gasteiger partial charge is 1.00 e. The topological polar surface area (TPSA) is 39.9 Å². The molecule has 0 spiro atoms. The summed E-state index contributed by atoms with van der Waals surface area (Å²) in [7, 11) is 6.60. The van der Waals surface area contributed by atoms with Crippen LogP contribution >= 0.6 is 0 Å². The summed E-state index contributed by atoms with van der Waals surface area (Å²) in [5, 5.41) is 0. The normalized spacial score (nSPS) is 12.4. The molecule has 0 radical (unpaired) electrons. The number of fused-ring (bicyclic) bond motifs is 1. The molecule has 5 nitrogen and oxygen atoms in total. The molecule has 1 aliphatic rings. The maximum atomic E-state index is 5.41. The summed E-state index contributed by atoms with van der Waals surface area (Å²) >= 11 is 0. The van der Waals surface area contributed by atoms with Gasteiger partial charge in [-0.1, -0.05) is 0 Å². The lowest BCUT2D eigenvalue weighted by atomic mass is 10.0. The number of benzene rings is 2. The molecule has 134 valence electrons. The van der Waals surface area contributed by atoms with Crippen LogP contribution < -0.4 is 31.4 Å². The van der Waals surface area contributed by atoms with Gasteiger partial charge in [-0.3, -0.25) is 0 Å². The Morgan fingerprint density at radius 1 is 0.760 bits per heavy atom. The Morgan fingerprint density at radius 2 is 1.36 bits per heavy atom. The first-order valence-electron chi connectivity index (χ1n) is 7.78. The fourth-order valence-corrected chi connectivity index (χ4v) is 2.95. The quantitative estimate of drug-likeness (QED) is 0.704. The van der Waals surface area contributed by atoms with E-state index < -0.39 is 0 Å². The molecule has 0 fully saturated rings. The molecule has 0 aliphatic carbocycles. The smallest absolute Gasteiger partial charge is 0.209 e. The van der Waals surface area contributed by atoms with Gasteiger partial charge in [-0.05, 0) is 23.8 Å². The number of hydrogen-bond acceptors (Lipinski definition) is 4. The minimum Gasteiger partial charge on any atom is -1.00 e. The van der Waals surface area contributed by atoms with Crippen LogP contribution in [0.4, 0.5) is 5.69 Å². The Hall–Kier alpha value is -2.40. The minimum atomic E-state index is 0. The van der Waals surface area contributed by atoms with Crippen molar-refractivity contribution < 1.29 is 35.9 Å². The molecule has 0 amide bonds. The van der Waals surface area contributed by atoms with Crippen LogP contribution in [0.2, 0.25) is 0 Å². The molecule has 0 unspecified atom stereocenters. The summed E-state index contributed by atoms with van der Waals surface area (Å²) in [5.41, 5.74) is 3.45. The van der Waals surface area contributed by atoms with Gasteiger partial charge in [0.25, 0.3) is 0 Å². The Balaban J connectivity index is 0.00000225. The summed E-state index contributed by atoms with van der Waals surface area (Å²) in [4.78, 5) is 0. The van der Waals surface area contributed by atoms with Gasteiger partial charge in [-0.15, -0.1) is 0 Å². The number of hydrogen-bond donors (Lipinski definition) is 0. The first-order valence-corrected chi connectivity index (χ1v) is 7.78. The minimum absolute atomic E-state index is 0. The average molecular weight is 364 g/mol. The van der Waals surface area contributed by atoms with Gasteiger partial charge < -0.3 is 31.4 Å². The van der Waals surface area contributed by atoms with Crippen molar-refractivity contribution in [3.8, 4) is 23.0 Å². The highest BCUT2D eigenvalue weighted by Crippen LogP contribution is 2.34. The van der Waals surface area contributed by atoms with Crippen LogP contribution in [0.3, 0.4) is 0 Å². The van der Waals surface area contributed by atoms with Crippen molar-refractivity contribution in [1.29, 1.82) is 0 Å². The zero-order valence-electron chi connectivity index (χ0n) is 14.8. The monoisotopic (exact) mass is 363 g/mol. The third kappa shape index (κ3) is 3.66. The highest BCUT2D eigenvalue weighted by molar-refractivity contribution is 5.81. The van der Waals surface area contributed by atoms with Crippen LogP contribution in [0, 0.1) is 0 Å². The summed E-state index contributed by atoms with van der Waals surface area (Å²) in [5.74, 6) is 2.96. The lowest BCUT2D eigenvalue weighted by Gasteiger charge is -2.16. The third-order valence-corrected chi connectivity index (χ3v) is 4.26. The van der Waals surface area contributed by atoms with Crippen LogP contribution in [-0.2, 0) is 6.42 Å². The van der Waals surface area contributed by atoms with Crippen LogP contribution in [0.25, 0.3) is 0 Å². The molecule has 0 saturated carbocycles. The van der Waals surface area contributed by atoms with Gasteiger partial charge >= 0.3 is 0 Å². The van der Waals surface area contributed by atoms with Gasteiger partial charge in [-0.2, -0.15) is 4.58 Å². The molecule has 0 saturated heterocycles. The number of halogens is 1. The zero-order chi connectivity index (χ0) is 17.1. The molecule has 0 aromatic heterocycles. The van der Waals surface area contributed by atoms with E-state index in [1.54, 1.807) is 28.4 Å². The summed E-state index contributed by atoms with van der Waals surface area (Å²) in [6.45, 7) is 0.887. The average Bonchev–Trinajstić information content (AvgIpc) is 2.65. The molecule has 1 heterocycles. The maximum absolute atomic E-state index is 5.41. The van der Waals surface area contributed by atoms with Crippen LogP contribution in [0.1, 0.15) is 11.1 Å². The van der Waals surface area contributed by atoms with E-state index in [1.807, 2.05) is 24.3 Å². The van der Waals surface area contributed by atoms with Crippen molar-refractivity contribution in [2.24, 2.45) is 0 Å². The Kier molecular flexibility index (Phi) is 6.15. The van der Waals surface area contributed by atoms with Crippen molar-refractivity contribution in [3.63, 3.8) is 0 Å². The van der Waals surface area contributed by atoms with Crippen LogP contribution in [0.5, 0.6) is 23.0 Å². The van der Waals surface area contributed by atoms with Gasteiger partial charge in [0.15, 0.2) is 35.8 Å². The maximum Gasteiger partial charge on any atom is 0.209 e. The van der Waals surface area contributed by atoms with E-state index in [2.05, 4.69) is 16.9 Å². The second-order valence-electron chi connectivity index (χ2n) is 5.52.